The number of hydrogen-bond donors (Lipinski definition) is 0. The van der Waals surface area contributed by atoms with Gasteiger partial charge in [-0.2, -0.15) is 5.26 Å². The molecule has 24 heavy (non-hydrogen) atoms. The average Bonchev–Trinajstić information content (AvgIpc) is 2.58. The smallest absolute Gasteiger partial charge is 0.262 e. The van der Waals surface area contributed by atoms with E-state index in [0.717, 1.165) is 6.07 Å². The molecule has 0 saturated heterocycles. The van der Waals surface area contributed by atoms with Crippen molar-refractivity contribution >= 4 is 22.5 Å². The molecule has 120 valence electrons. The van der Waals surface area contributed by atoms with Crippen molar-refractivity contribution in [3.05, 3.63) is 69.0 Å². The Kier molecular flexibility index (Phi) is 4.19. The Balaban J connectivity index is 2.20. The summed E-state index contributed by atoms with van der Waals surface area (Å²) < 4.78 is 19.9. The predicted octanol–water partition coefficient (Wildman–Crippen LogP) is 3.12. The van der Waals surface area contributed by atoms with Gasteiger partial charge in [0, 0.05) is 6.07 Å². The fourth-order valence-electron chi connectivity index (χ4n) is 2.43. The van der Waals surface area contributed by atoms with Crippen LogP contribution in [0.5, 0.6) is 5.75 Å². The first-order valence-corrected chi connectivity index (χ1v) is 7.34. The lowest BCUT2D eigenvalue weighted by molar-refractivity contribution is 0.387. The van der Waals surface area contributed by atoms with E-state index in [1.165, 1.54) is 17.7 Å². The second-order valence-electron chi connectivity index (χ2n) is 5.04. The summed E-state index contributed by atoms with van der Waals surface area (Å²) in [6, 6.07) is 11.4. The van der Waals surface area contributed by atoms with Gasteiger partial charge >= 0.3 is 0 Å². The van der Waals surface area contributed by atoms with Gasteiger partial charge < -0.3 is 4.74 Å². The highest BCUT2D eigenvalue weighted by atomic mass is 35.5. The van der Waals surface area contributed by atoms with Gasteiger partial charge in [-0.3, -0.25) is 9.36 Å². The minimum absolute atomic E-state index is 0.0484. The Hall–Kier alpha value is -2.91. The van der Waals surface area contributed by atoms with Crippen LogP contribution in [0.3, 0.4) is 0 Å². The van der Waals surface area contributed by atoms with Crippen LogP contribution in [0.25, 0.3) is 10.9 Å². The summed E-state index contributed by atoms with van der Waals surface area (Å²) in [5.74, 6) is -0.673. The Morgan fingerprint density at radius 3 is 2.83 bits per heavy atom. The van der Waals surface area contributed by atoms with Crippen LogP contribution in [0.2, 0.25) is 5.28 Å². The number of ether oxygens (including phenoxy) is 1. The number of fused-ring (bicyclic) bond motifs is 1. The summed E-state index contributed by atoms with van der Waals surface area (Å²) in [6.07, 6.45) is 0. The van der Waals surface area contributed by atoms with Crippen LogP contribution < -0.4 is 10.3 Å². The zero-order valence-electron chi connectivity index (χ0n) is 12.6. The van der Waals surface area contributed by atoms with Crippen molar-refractivity contribution in [2.75, 3.05) is 7.11 Å². The van der Waals surface area contributed by atoms with Crippen molar-refractivity contribution in [1.29, 1.82) is 5.26 Å². The van der Waals surface area contributed by atoms with Crippen LogP contribution >= 0.6 is 11.6 Å². The Morgan fingerprint density at radius 2 is 2.12 bits per heavy atom. The second-order valence-corrected chi connectivity index (χ2v) is 5.38. The Labute approximate surface area is 141 Å². The number of nitriles is 1. The SMILES string of the molecule is COc1cc2c(=O)n(Cc3ccccc3C#N)c(Cl)nc2cc1F. The zero-order chi connectivity index (χ0) is 17.3. The average molecular weight is 344 g/mol. The van der Waals surface area contributed by atoms with Crippen LogP contribution in [-0.2, 0) is 6.54 Å². The van der Waals surface area contributed by atoms with Crippen LogP contribution in [0, 0.1) is 17.1 Å². The van der Waals surface area contributed by atoms with E-state index >= 15 is 0 Å². The van der Waals surface area contributed by atoms with Crippen LogP contribution in [0.15, 0.2) is 41.2 Å². The van der Waals surface area contributed by atoms with Crippen molar-refractivity contribution in [2.24, 2.45) is 0 Å². The minimum Gasteiger partial charge on any atom is -0.494 e. The molecule has 0 atom stereocenters. The molecule has 1 aromatic heterocycles. The quantitative estimate of drug-likeness (QED) is 0.685. The Bertz CT molecular complexity index is 1040. The minimum atomic E-state index is -0.624. The van der Waals surface area contributed by atoms with E-state index < -0.39 is 11.4 Å². The van der Waals surface area contributed by atoms with Crippen molar-refractivity contribution in [3.63, 3.8) is 0 Å². The van der Waals surface area contributed by atoms with E-state index in [4.69, 9.17) is 21.6 Å². The van der Waals surface area contributed by atoms with Crippen LogP contribution in [0.1, 0.15) is 11.1 Å². The molecule has 0 N–H and O–H groups in total. The summed E-state index contributed by atoms with van der Waals surface area (Å²) in [4.78, 5) is 16.8. The monoisotopic (exact) mass is 343 g/mol. The molecular weight excluding hydrogens is 333 g/mol. The van der Waals surface area contributed by atoms with Gasteiger partial charge in [-0.05, 0) is 29.3 Å². The predicted molar refractivity (Wildman–Crippen MR) is 87.8 cm³/mol. The molecule has 0 aliphatic carbocycles. The van der Waals surface area contributed by atoms with Crippen molar-refractivity contribution < 1.29 is 9.13 Å². The van der Waals surface area contributed by atoms with Crippen LogP contribution in [-0.4, -0.2) is 16.7 Å². The lowest BCUT2D eigenvalue weighted by atomic mass is 10.1. The highest BCUT2D eigenvalue weighted by Gasteiger charge is 2.14. The van der Waals surface area contributed by atoms with E-state index in [2.05, 4.69) is 11.1 Å². The van der Waals surface area contributed by atoms with Crippen molar-refractivity contribution in [2.45, 2.75) is 6.54 Å². The van der Waals surface area contributed by atoms with Gasteiger partial charge in [-0.15, -0.1) is 0 Å². The third kappa shape index (κ3) is 2.70. The standard InChI is InChI=1S/C17H11ClFN3O2/c1-24-15-6-12-14(7-13(15)19)21-17(18)22(16(12)23)9-11-5-3-2-4-10(11)8-20/h2-7H,9H2,1H3. The van der Waals surface area contributed by atoms with E-state index in [1.807, 2.05) is 0 Å². The van der Waals surface area contributed by atoms with Gasteiger partial charge in [0.15, 0.2) is 11.6 Å². The number of benzene rings is 2. The van der Waals surface area contributed by atoms with Gasteiger partial charge in [0.25, 0.3) is 5.56 Å². The van der Waals surface area contributed by atoms with E-state index in [1.54, 1.807) is 24.3 Å². The molecule has 7 heteroatoms. The number of hydrogen-bond acceptors (Lipinski definition) is 4. The first-order chi connectivity index (χ1) is 11.5. The fraction of sp³-hybridized carbons (Fsp3) is 0.118. The third-order valence-corrected chi connectivity index (χ3v) is 3.94. The number of nitrogens with zero attached hydrogens (tertiary/aromatic N) is 3. The summed E-state index contributed by atoms with van der Waals surface area (Å²) in [6.45, 7) is 0.0873. The van der Waals surface area contributed by atoms with Crippen molar-refractivity contribution in [1.82, 2.24) is 9.55 Å². The summed E-state index contributed by atoms with van der Waals surface area (Å²) >= 11 is 6.10. The first kappa shape index (κ1) is 16.0. The molecule has 0 amide bonds. The molecule has 0 radical (unpaired) electrons. The number of halogens is 2. The van der Waals surface area contributed by atoms with Gasteiger partial charge in [-0.1, -0.05) is 18.2 Å². The van der Waals surface area contributed by atoms with E-state index in [0.29, 0.717) is 11.1 Å². The zero-order valence-corrected chi connectivity index (χ0v) is 13.3. The molecule has 0 aliphatic rings. The number of methoxy groups -OCH3 is 1. The summed E-state index contributed by atoms with van der Waals surface area (Å²) in [5, 5.41) is 9.27. The molecule has 0 bridgehead atoms. The van der Waals surface area contributed by atoms with Gasteiger partial charge in [0.1, 0.15) is 0 Å². The molecule has 0 aliphatic heterocycles. The van der Waals surface area contributed by atoms with Gasteiger partial charge in [0.05, 0.1) is 36.2 Å². The third-order valence-electron chi connectivity index (χ3n) is 3.65. The maximum Gasteiger partial charge on any atom is 0.262 e. The molecule has 1 heterocycles. The molecule has 0 spiro atoms. The summed E-state index contributed by atoms with van der Waals surface area (Å²) in [5.41, 5.74) is 0.792. The molecular formula is C17H11ClFN3O2. The maximum atomic E-state index is 13.8. The molecule has 0 fully saturated rings. The molecule has 3 rings (SSSR count). The number of aromatic nitrogens is 2. The second kappa shape index (κ2) is 6.30. The summed E-state index contributed by atoms with van der Waals surface area (Å²) in [7, 11) is 1.31. The highest BCUT2D eigenvalue weighted by molar-refractivity contribution is 6.28. The largest absolute Gasteiger partial charge is 0.494 e. The van der Waals surface area contributed by atoms with Crippen molar-refractivity contribution in [3.8, 4) is 11.8 Å². The highest BCUT2D eigenvalue weighted by Crippen LogP contribution is 2.23. The first-order valence-electron chi connectivity index (χ1n) is 6.96. The lowest BCUT2D eigenvalue weighted by Crippen LogP contribution is -2.23. The fourth-order valence-corrected chi connectivity index (χ4v) is 2.65. The molecule has 0 unspecified atom stereocenters. The molecule has 2 aromatic carbocycles. The number of rotatable bonds is 3. The molecule has 3 aromatic rings. The van der Waals surface area contributed by atoms with E-state index in [-0.39, 0.29) is 28.5 Å². The molecule has 0 saturated carbocycles. The maximum absolute atomic E-state index is 13.8. The normalized spacial score (nSPS) is 10.6. The molecule has 5 nitrogen and oxygen atoms in total. The van der Waals surface area contributed by atoms with Gasteiger partial charge in [0.2, 0.25) is 5.28 Å². The Morgan fingerprint density at radius 1 is 1.38 bits per heavy atom. The van der Waals surface area contributed by atoms with Gasteiger partial charge in [-0.25, -0.2) is 9.37 Å². The lowest BCUT2D eigenvalue weighted by Gasteiger charge is -2.11. The topological polar surface area (TPSA) is 67.9 Å². The van der Waals surface area contributed by atoms with E-state index in [9.17, 15) is 9.18 Å². The van der Waals surface area contributed by atoms with Crippen LogP contribution in [0.4, 0.5) is 4.39 Å².